The van der Waals surface area contributed by atoms with Crippen LogP contribution in [0.25, 0.3) is 6.08 Å². The van der Waals surface area contributed by atoms with Crippen LogP contribution in [0.3, 0.4) is 0 Å². The first-order chi connectivity index (χ1) is 10.3. The van der Waals surface area contributed by atoms with Crippen LogP contribution in [-0.2, 0) is 14.3 Å². The van der Waals surface area contributed by atoms with Crippen molar-refractivity contribution in [2.75, 3.05) is 13.2 Å². The number of hydrogen-bond donors (Lipinski definition) is 1. The number of hydrogen-bond acceptors (Lipinski definition) is 3. The molecule has 1 saturated heterocycles. The molecule has 22 heavy (non-hydrogen) atoms. The SMILES string of the molecule is CC1(NC(=O)C(F)(F)F)COC(C=Cc2ccccc2)OC1. The minimum Gasteiger partial charge on any atom is -0.346 e. The lowest BCUT2D eigenvalue weighted by Gasteiger charge is -2.37. The van der Waals surface area contributed by atoms with Gasteiger partial charge < -0.3 is 14.8 Å². The van der Waals surface area contributed by atoms with Crippen LogP contribution in [0.4, 0.5) is 13.2 Å². The van der Waals surface area contributed by atoms with Crippen LogP contribution in [0.5, 0.6) is 0 Å². The maximum absolute atomic E-state index is 12.3. The van der Waals surface area contributed by atoms with Crippen LogP contribution < -0.4 is 5.32 Å². The van der Waals surface area contributed by atoms with Crippen LogP contribution in [0.2, 0.25) is 0 Å². The topological polar surface area (TPSA) is 47.6 Å². The van der Waals surface area contributed by atoms with Crippen molar-refractivity contribution in [1.29, 1.82) is 0 Å². The first-order valence-corrected chi connectivity index (χ1v) is 6.64. The second kappa shape index (κ2) is 6.50. The van der Waals surface area contributed by atoms with Crippen molar-refractivity contribution in [3.63, 3.8) is 0 Å². The number of ether oxygens (including phenoxy) is 2. The number of halogens is 3. The third kappa shape index (κ3) is 4.57. The molecule has 1 aliphatic heterocycles. The van der Waals surface area contributed by atoms with Gasteiger partial charge in [0.15, 0.2) is 6.29 Å². The quantitative estimate of drug-likeness (QED) is 0.932. The molecular formula is C15H16F3NO3. The van der Waals surface area contributed by atoms with Gasteiger partial charge in [-0.15, -0.1) is 0 Å². The van der Waals surface area contributed by atoms with Crippen molar-refractivity contribution < 1.29 is 27.4 Å². The summed E-state index contributed by atoms with van der Waals surface area (Å²) in [6.07, 6.45) is -2.12. The molecule has 1 N–H and O–H groups in total. The molecule has 1 aromatic rings. The van der Waals surface area contributed by atoms with Gasteiger partial charge in [0.1, 0.15) is 0 Å². The molecule has 120 valence electrons. The molecular weight excluding hydrogens is 299 g/mol. The zero-order valence-electron chi connectivity index (χ0n) is 11.9. The Morgan fingerprint density at radius 2 is 1.86 bits per heavy atom. The highest BCUT2D eigenvalue weighted by molar-refractivity contribution is 5.82. The van der Waals surface area contributed by atoms with Gasteiger partial charge in [-0.3, -0.25) is 4.79 Å². The van der Waals surface area contributed by atoms with E-state index < -0.39 is 23.9 Å². The standard InChI is InChI=1S/C15H16F3NO3/c1-14(19-13(20)15(16,17)18)9-21-12(22-10-14)8-7-11-5-3-2-4-6-11/h2-8,12H,9-10H2,1H3,(H,19,20). The fourth-order valence-corrected chi connectivity index (χ4v) is 1.90. The van der Waals surface area contributed by atoms with Gasteiger partial charge in [-0.1, -0.05) is 36.4 Å². The van der Waals surface area contributed by atoms with Gasteiger partial charge in [-0.25, -0.2) is 0 Å². The Hall–Kier alpha value is -1.86. The van der Waals surface area contributed by atoms with E-state index in [4.69, 9.17) is 9.47 Å². The molecule has 4 nitrogen and oxygen atoms in total. The summed E-state index contributed by atoms with van der Waals surface area (Å²) in [7, 11) is 0. The monoisotopic (exact) mass is 315 g/mol. The Balaban J connectivity index is 1.87. The van der Waals surface area contributed by atoms with Gasteiger partial charge in [0.2, 0.25) is 0 Å². The Bertz CT molecular complexity index is 535. The summed E-state index contributed by atoms with van der Waals surface area (Å²) in [6.45, 7) is 1.30. The van der Waals surface area contributed by atoms with E-state index in [1.54, 1.807) is 12.2 Å². The van der Waals surface area contributed by atoms with Crippen molar-refractivity contribution in [1.82, 2.24) is 5.32 Å². The largest absolute Gasteiger partial charge is 0.471 e. The average molecular weight is 315 g/mol. The summed E-state index contributed by atoms with van der Waals surface area (Å²) in [5.41, 5.74) is -0.252. The van der Waals surface area contributed by atoms with Crippen molar-refractivity contribution in [3.8, 4) is 0 Å². The summed E-state index contributed by atoms with van der Waals surface area (Å²) in [5.74, 6) is -2.00. The molecule has 0 aliphatic carbocycles. The number of amides is 1. The second-order valence-electron chi connectivity index (χ2n) is 5.27. The highest BCUT2D eigenvalue weighted by Crippen LogP contribution is 2.21. The number of benzene rings is 1. The molecule has 7 heteroatoms. The first kappa shape index (κ1) is 16.5. The molecule has 0 spiro atoms. The Morgan fingerprint density at radius 1 is 1.27 bits per heavy atom. The van der Waals surface area contributed by atoms with Gasteiger partial charge in [-0.2, -0.15) is 13.2 Å². The summed E-state index contributed by atoms with van der Waals surface area (Å²) < 4.78 is 47.4. The Morgan fingerprint density at radius 3 is 2.41 bits per heavy atom. The third-order valence-corrected chi connectivity index (χ3v) is 3.05. The molecule has 0 saturated carbocycles. The highest BCUT2D eigenvalue weighted by Gasteiger charge is 2.44. The van der Waals surface area contributed by atoms with E-state index in [9.17, 15) is 18.0 Å². The zero-order chi connectivity index (χ0) is 16.2. The van der Waals surface area contributed by atoms with Crippen molar-refractivity contribution in [2.45, 2.75) is 24.9 Å². The number of rotatable bonds is 3. The second-order valence-corrected chi connectivity index (χ2v) is 5.27. The fraction of sp³-hybridized carbons (Fsp3) is 0.400. The molecule has 0 bridgehead atoms. The molecule has 1 fully saturated rings. The first-order valence-electron chi connectivity index (χ1n) is 6.64. The van der Waals surface area contributed by atoms with E-state index in [2.05, 4.69) is 0 Å². The summed E-state index contributed by atoms with van der Waals surface area (Å²) in [4.78, 5) is 11.0. The van der Waals surface area contributed by atoms with E-state index in [0.29, 0.717) is 0 Å². The van der Waals surface area contributed by atoms with Gasteiger partial charge in [0.25, 0.3) is 0 Å². The number of carbonyl (C=O) groups excluding carboxylic acids is 1. The van der Waals surface area contributed by atoms with E-state index in [1.807, 2.05) is 35.6 Å². The molecule has 1 aromatic carbocycles. The van der Waals surface area contributed by atoms with Gasteiger partial charge in [-0.05, 0) is 18.6 Å². The van der Waals surface area contributed by atoms with Gasteiger partial charge >= 0.3 is 12.1 Å². The van der Waals surface area contributed by atoms with Crippen LogP contribution in [0.15, 0.2) is 36.4 Å². The van der Waals surface area contributed by atoms with Crippen molar-refractivity contribution in [2.24, 2.45) is 0 Å². The van der Waals surface area contributed by atoms with Crippen molar-refractivity contribution in [3.05, 3.63) is 42.0 Å². The molecule has 1 aliphatic rings. The predicted octanol–water partition coefficient (Wildman–Crippen LogP) is 2.51. The Labute approximate surface area is 125 Å². The lowest BCUT2D eigenvalue weighted by Crippen LogP contribution is -2.59. The summed E-state index contributed by atoms with van der Waals surface area (Å²) in [6, 6.07) is 9.44. The van der Waals surface area contributed by atoms with E-state index in [1.165, 1.54) is 6.92 Å². The van der Waals surface area contributed by atoms with Crippen molar-refractivity contribution >= 4 is 12.0 Å². The van der Waals surface area contributed by atoms with E-state index >= 15 is 0 Å². The maximum Gasteiger partial charge on any atom is 0.471 e. The normalized spacial score (nSPS) is 26.1. The van der Waals surface area contributed by atoms with Gasteiger partial charge in [0, 0.05) is 0 Å². The number of carbonyl (C=O) groups is 1. The van der Waals surface area contributed by atoms with Crippen LogP contribution >= 0.6 is 0 Å². The predicted molar refractivity (Wildman–Crippen MR) is 73.8 cm³/mol. The molecule has 0 atom stereocenters. The highest BCUT2D eigenvalue weighted by atomic mass is 19.4. The lowest BCUT2D eigenvalue weighted by atomic mass is 10.0. The molecule has 0 unspecified atom stereocenters. The minimum absolute atomic E-state index is 0.0708. The summed E-state index contributed by atoms with van der Waals surface area (Å²) >= 11 is 0. The summed E-state index contributed by atoms with van der Waals surface area (Å²) in [5, 5.41) is 1.89. The fourth-order valence-electron chi connectivity index (χ4n) is 1.90. The zero-order valence-corrected chi connectivity index (χ0v) is 11.9. The number of alkyl halides is 3. The van der Waals surface area contributed by atoms with Gasteiger partial charge in [0.05, 0.1) is 18.8 Å². The molecule has 1 amide bonds. The maximum atomic E-state index is 12.3. The average Bonchev–Trinajstić information content (AvgIpc) is 2.46. The van der Waals surface area contributed by atoms with Crippen LogP contribution in [0.1, 0.15) is 12.5 Å². The number of nitrogens with one attached hydrogen (secondary N) is 1. The smallest absolute Gasteiger partial charge is 0.346 e. The Kier molecular flexibility index (Phi) is 4.87. The lowest BCUT2D eigenvalue weighted by molar-refractivity contribution is -0.198. The third-order valence-electron chi connectivity index (χ3n) is 3.05. The molecule has 0 aromatic heterocycles. The molecule has 1 heterocycles. The molecule has 0 radical (unpaired) electrons. The van der Waals surface area contributed by atoms with E-state index in [-0.39, 0.29) is 13.2 Å². The van der Waals surface area contributed by atoms with Crippen LogP contribution in [0, 0.1) is 0 Å². The molecule has 2 rings (SSSR count). The van der Waals surface area contributed by atoms with Crippen LogP contribution in [-0.4, -0.2) is 37.1 Å². The van der Waals surface area contributed by atoms with E-state index in [0.717, 1.165) is 5.56 Å². The minimum atomic E-state index is -4.92.